The van der Waals surface area contributed by atoms with Crippen molar-refractivity contribution >= 4 is 29.3 Å². The minimum atomic E-state index is -1.14. The van der Waals surface area contributed by atoms with Crippen molar-refractivity contribution < 1.29 is 19.5 Å². The van der Waals surface area contributed by atoms with Crippen LogP contribution >= 0.6 is 11.6 Å². The van der Waals surface area contributed by atoms with E-state index in [-0.39, 0.29) is 29.4 Å². The van der Waals surface area contributed by atoms with Gasteiger partial charge in [0.1, 0.15) is 5.82 Å². The van der Waals surface area contributed by atoms with E-state index in [0.717, 1.165) is 36.3 Å². The number of imidazole rings is 1. The minimum absolute atomic E-state index is 0.0252. The highest BCUT2D eigenvalue weighted by atomic mass is 35.5. The minimum Gasteiger partial charge on any atom is -0.478 e. The quantitative estimate of drug-likeness (QED) is 0.428. The number of unbranched alkanes of at least 4 members (excludes halogenated alkanes) is 1. The van der Waals surface area contributed by atoms with Gasteiger partial charge in [0.25, 0.3) is 0 Å². The van der Waals surface area contributed by atoms with Crippen LogP contribution < -0.4 is 5.32 Å². The topological polar surface area (TPSA) is 101 Å². The first kappa shape index (κ1) is 24.2. The van der Waals surface area contributed by atoms with Crippen molar-refractivity contribution in [2.75, 3.05) is 0 Å². The Bertz CT molecular complexity index is 1170. The Morgan fingerprint density at radius 3 is 2.33 bits per heavy atom. The summed E-state index contributed by atoms with van der Waals surface area (Å²) >= 11 is 6.38. The predicted molar refractivity (Wildman–Crippen MR) is 126 cm³/mol. The van der Waals surface area contributed by atoms with Crippen molar-refractivity contribution in [1.82, 2.24) is 14.9 Å². The molecule has 0 saturated heterocycles. The van der Waals surface area contributed by atoms with Gasteiger partial charge in [-0.3, -0.25) is 9.59 Å². The van der Waals surface area contributed by atoms with Gasteiger partial charge in [-0.1, -0.05) is 67.4 Å². The molecular weight excluding hydrogens is 442 g/mol. The second-order valence-electron chi connectivity index (χ2n) is 7.74. The highest BCUT2D eigenvalue weighted by Crippen LogP contribution is 2.22. The zero-order chi connectivity index (χ0) is 24.0. The Labute approximate surface area is 197 Å². The molecule has 0 bridgehead atoms. The molecule has 1 heterocycles. The average molecular weight is 468 g/mol. The van der Waals surface area contributed by atoms with Crippen LogP contribution in [0.3, 0.4) is 0 Å². The van der Waals surface area contributed by atoms with Crippen LogP contribution in [0.25, 0.3) is 0 Å². The van der Waals surface area contributed by atoms with Gasteiger partial charge < -0.3 is 15.0 Å². The van der Waals surface area contributed by atoms with Crippen LogP contribution in [0.15, 0.2) is 48.5 Å². The molecule has 0 aliphatic carbocycles. The van der Waals surface area contributed by atoms with Crippen LogP contribution in [0, 0.1) is 0 Å². The Morgan fingerprint density at radius 2 is 1.73 bits per heavy atom. The summed E-state index contributed by atoms with van der Waals surface area (Å²) in [6.07, 6.45) is 2.74. The monoisotopic (exact) mass is 467 g/mol. The van der Waals surface area contributed by atoms with E-state index in [2.05, 4.69) is 17.2 Å². The molecule has 0 aliphatic rings. The first-order chi connectivity index (χ1) is 15.8. The van der Waals surface area contributed by atoms with Gasteiger partial charge in [0, 0.05) is 31.0 Å². The van der Waals surface area contributed by atoms with E-state index in [9.17, 15) is 19.5 Å². The number of benzene rings is 2. The fourth-order valence-corrected chi connectivity index (χ4v) is 3.83. The Balaban J connectivity index is 1.87. The highest BCUT2D eigenvalue weighted by molar-refractivity contribution is 6.30. The lowest BCUT2D eigenvalue weighted by atomic mass is 9.97. The summed E-state index contributed by atoms with van der Waals surface area (Å²) in [4.78, 5) is 40.2. The number of aryl methyl sites for hydroxylation is 1. The van der Waals surface area contributed by atoms with Crippen molar-refractivity contribution in [3.63, 3.8) is 0 Å². The lowest BCUT2D eigenvalue weighted by molar-refractivity contribution is -0.119. The number of ketones is 1. The fourth-order valence-electron chi connectivity index (χ4n) is 3.56. The molecule has 0 unspecified atom stereocenters. The smallest absolute Gasteiger partial charge is 0.336 e. The molecule has 0 aliphatic heterocycles. The van der Waals surface area contributed by atoms with Crippen LogP contribution in [-0.4, -0.2) is 32.3 Å². The normalized spacial score (nSPS) is 10.8. The second kappa shape index (κ2) is 10.9. The van der Waals surface area contributed by atoms with Crippen molar-refractivity contribution in [3.8, 4) is 0 Å². The molecule has 0 atom stereocenters. The van der Waals surface area contributed by atoms with Gasteiger partial charge in [-0.2, -0.15) is 0 Å². The number of carbonyl (C=O) groups is 3. The molecule has 0 spiro atoms. The zero-order valence-corrected chi connectivity index (χ0v) is 19.4. The van der Waals surface area contributed by atoms with E-state index in [1.165, 1.54) is 19.1 Å². The molecule has 1 amide bonds. The summed E-state index contributed by atoms with van der Waals surface area (Å²) in [5, 5.41) is 12.5. The molecule has 0 radical (unpaired) electrons. The van der Waals surface area contributed by atoms with Gasteiger partial charge >= 0.3 is 5.97 Å². The number of aromatic carboxylic acids is 1. The summed E-state index contributed by atoms with van der Waals surface area (Å²) < 4.78 is 2.00. The maximum Gasteiger partial charge on any atom is 0.336 e. The highest BCUT2D eigenvalue weighted by Gasteiger charge is 2.19. The molecule has 0 fully saturated rings. The number of carboxylic acid groups (broad SMARTS) is 1. The van der Waals surface area contributed by atoms with E-state index >= 15 is 0 Å². The third-order valence-corrected chi connectivity index (χ3v) is 5.62. The lowest BCUT2D eigenvalue weighted by Gasteiger charge is -2.13. The third-order valence-electron chi connectivity index (χ3n) is 5.32. The first-order valence-electron chi connectivity index (χ1n) is 10.8. The maximum absolute atomic E-state index is 12.9. The summed E-state index contributed by atoms with van der Waals surface area (Å²) in [5.41, 5.74) is 2.18. The van der Waals surface area contributed by atoms with Crippen LogP contribution in [0.1, 0.15) is 70.1 Å². The Kier molecular flexibility index (Phi) is 8.01. The standard InChI is InChI=1S/C25H26ClN3O4/c1-3-4-9-22-28-24(26)21(14-27-16(2)30)29(22)15-17-10-12-18(13-11-17)23(31)19-7-5-6-8-20(19)25(32)33/h5-8,10-13H,3-4,9,14-15H2,1-2H3,(H,27,30)(H,32,33). The van der Waals surface area contributed by atoms with Gasteiger partial charge in [-0.15, -0.1) is 0 Å². The van der Waals surface area contributed by atoms with Crippen molar-refractivity contribution in [2.45, 2.75) is 46.2 Å². The summed E-state index contributed by atoms with van der Waals surface area (Å²) in [7, 11) is 0. The van der Waals surface area contributed by atoms with E-state index in [0.29, 0.717) is 17.3 Å². The van der Waals surface area contributed by atoms with Crippen LogP contribution in [0.5, 0.6) is 0 Å². The lowest BCUT2D eigenvalue weighted by Crippen LogP contribution is -2.22. The van der Waals surface area contributed by atoms with Crippen LogP contribution in [0.4, 0.5) is 0 Å². The number of hydrogen-bond donors (Lipinski definition) is 2. The van der Waals surface area contributed by atoms with E-state index in [1.807, 2.05) is 16.7 Å². The van der Waals surface area contributed by atoms with E-state index < -0.39 is 5.97 Å². The fraction of sp³-hybridized carbons (Fsp3) is 0.280. The van der Waals surface area contributed by atoms with Gasteiger partial charge in [0.15, 0.2) is 10.9 Å². The summed E-state index contributed by atoms with van der Waals surface area (Å²) in [6.45, 7) is 4.31. The maximum atomic E-state index is 12.9. The summed E-state index contributed by atoms with van der Waals surface area (Å²) in [6, 6.07) is 13.2. The number of carboxylic acids is 1. The van der Waals surface area contributed by atoms with Gasteiger partial charge in [-0.05, 0) is 18.1 Å². The number of nitrogens with zero attached hydrogens (tertiary/aromatic N) is 2. The van der Waals surface area contributed by atoms with Crippen molar-refractivity contribution in [2.24, 2.45) is 0 Å². The average Bonchev–Trinajstić information content (AvgIpc) is 3.10. The van der Waals surface area contributed by atoms with Gasteiger partial charge in [0.05, 0.1) is 17.8 Å². The van der Waals surface area contributed by atoms with Gasteiger partial charge in [0.2, 0.25) is 5.91 Å². The molecular formula is C25H26ClN3O4. The number of halogens is 1. The van der Waals surface area contributed by atoms with Gasteiger partial charge in [-0.25, -0.2) is 9.78 Å². The number of nitrogens with one attached hydrogen (secondary N) is 1. The predicted octanol–water partition coefficient (Wildman–Crippen LogP) is 4.49. The molecule has 3 rings (SSSR count). The molecule has 7 nitrogen and oxygen atoms in total. The number of aromatic nitrogens is 2. The van der Waals surface area contributed by atoms with Crippen LogP contribution in [0.2, 0.25) is 5.15 Å². The molecule has 33 heavy (non-hydrogen) atoms. The second-order valence-corrected chi connectivity index (χ2v) is 8.10. The third kappa shape index (κ3) is 5.87. The zero-order valence-electron chi connectivity index (χ0n) is 18.6. The van der Waals surface area contributed by atoms with E-state index in [1.54, 1.807) is 24.3 Å². The first-order valence-corrected chi connectivity index (χ1v) is 11.1. The molecule has 0 saturated carbocycles. The Hall–Kier alpha value is -3.45. The molecule has 172 valence electrons. The molecule has 2 aromatic carbocycles. The molecule has 2 N–H and O–H groups in total. The molecule has 3 aromatic rings. The summed E-state index contributed by atoms with van der Waals surface area (Å²) in [5.74, 6) is -0.796. The molecule has 1 aromatic heterocycles. The van der Waals surface area contributed by atoms with E-state index in [4.69, 9.17) is 11.6 Å². The Morgan fingerprint density at radius 1 is 1.06 bits per heavy atom. The SMILES string of the molecule is CCCCc1nc(Cl)c(CNC(C)=O)n1Cc1ccc(C(=O)c2ccccc2C(=O)O)cc1. The number of hydrogen-bond acceptors (Lipinski definition) is 4. The molecule has 8 heteroatoms. The number of amides is 1. The van der Waals surface area contributed by atoms with Crippen molar-refractivity contribution in [1.29, 1.82) is 0 Å². The largest absolute Gasteiger partial charge is 0.478 e. The van der Waals surface area contributed by atoms with Crippen molar-refractivity contribution in [3.05, 3.63) is 87.5 Å². The van der Waals surface area contributed by atoms with Crippen LogP contribution in [-0.2, 0) is 24.3 Å². The number of rotatable bonds is 10. The number of carbonyl (C=O) groups excluding carboxylic acids is 2.